The van der Waals surface area contributed by atoms with E-state index in [1.807, 2.05) is 6.92 Å². The van der Waals surface area contributed by atoms with E-state index in [1.165, 1.54) is 10.4 Å². The molecule has 1 aromatic rings. The molecular formula is C15H23ClN2O3S2. The van der Waals surface area contributed by atoms with Gasteiger partial charge in [0.05, 0.1) is 10.3 Å². The first kappa shape index (κ1) is 18.7. The van der Waals surface area contributed by atoms with E-state index in [2.05, 4.69) is 12.2 Å². The van der Waals surface area contributed by atoms with Gasteiger partial charge < -0.3 is 5.32 Å². The number of piperidine rings is 1. The van der Waals surface area contributed by atoms with E-state index in [4.69, 9.17) is 11.6 Å². The zero-order chi connectivity index (χ0) is 17.0. The fourth-order valence-electron chi connectivity index (χ4n) is 2.71. The van der Waals surface area contributed by atoms with Crippen molar-refractivity contribution in [3.05, 3.63) is 16.5 Å². The third-order valence-electron chi connectivity index (χ3n) is 4.14. The minimum absolute atomic E-state index is 0.0465. The lowest BCUT2D eigenvalue weighted by molar-refractivity contribution is -0.126. The highest BCUT2D eigenvalue weighted by Crippen LogP contribution is 2.32. The maximum absolute atomic E-state index is 12.8. The maximum Gasteiger partial charge on any atom is 0.252 e. The van der Waals surface area contributed by atoms with Crippen LogP contribution in [-0.4, -0.2) is 37.8 Å². The summed E-state index contributed by atoms with van der Waals surface area (Å²) >= 11 is 6.92. The van der Waals surface area contributed by atoms with Crippen molar-refractivity contribution in [1.29, 1.82) is 0 Å². The summed E-state index contributed by atoms with van der Waals surface area (Å²) in [5, 5.41) is 2.91. The van der Waals surface area contributed by atoms with Gasteiger partial charge in [-0.1, -0.05) is 24.9 Å². The van der Waals surface area contributed by atoms with Crippen LogP contribution in [0.5, 0.6) is 0 Å². The minimum Gasteiger partial charge on any atom is -0.356 e. The number of unbranched alkanes of at least 4 members (excludes halogenated alkanes) is 1. The maximum atomic E-state index is 12.8. The SMILES string of the molecule is CCCCNC(=O)C1CCC(C)N(S(=O)(=O)c2ccc(Cl)s2)C1. The molecule has 0 saturated carbocycles. The first-order valence-corrected chi connectivity index (χ1v) is 10.5. The van der Waals surface area contributed by atoms with Gasteiger partial charge in [-0.25, -0.2) is 8.42 Å². The molecule has 1 aliphatic heterocycles. The third kappa shape index (κ3) is 4.47. The van der Waals surface area contributed by atoms with Gasteiger partial charge in [-0.15, -0.1) is 11.3 Å². The van der Waals surface area contributed by atoms with Crippen LogP contribution in [0.3, 0.4) is 0 Å². The molecule has 23 heavy (non-hydrogen) atoms. The van der Waals surface area contributed by atoms with E-state index in [0.29, 0.717) is 17.3 Å². The number of amides is 1. The molecule has 2 unspecified atom stereocenters. The number of carbonyl (C=O) groups is 1. The average molecular weight is 379 g/mol. The lowest BCUT2D eigenvalue weighted by Gasteiger charge is -2.36. The van der Waals surface area contributed by atoms with Crippen molar-refractivity contribution in [2.45, 2.75) is 49.8 Å². The van der Waals surface area contributed by atoms with E-state index in [9.17, 15) is 13.2 Å². The molecule has 1 amide bonds. The zero-order valence-electron chi connectivity index (χ0n) is 13.4. The molecule has 0 aromatic carbocycles. The Labute approximate surface area is 147 Å². The second kappa shape index (κ2) is 7.96. The third-order valence-corrected chi connectivity index (χ3v) is 7.82. The number of nitrogens with one attached hydrogen (secondary N) is 1. The highest BCUT2D eigenvalue weighted by molar-refractivity contribution is 7.91. The van der Waals surface area contributed by atoms with E-state index >= 15 is 0 Å². The molecule has 2 heterocycles. The normalized spacial score (nSPS) is 22.9. The summed E-state index contributed by atoms with van der Waals surface area (Å²) in [7, 11) is -3.59. The smallest absolute Gasteiger partial charge is 0.252 e. The molecule has 2 rings (SSSR count). The Bertz CT molecular complexity index is 645. The summed E-state index contributed by atoms with van der Waals surface area (Å²) in [6.07, 6.45) is 3.35. The number of sulfonamides is 1. The molecule has 2 atom stereocenters. The summed E-state index contributed by atoms with van der Waals surface area (Å²) in [5.74, 6) is -0.331. The molecule has 0 bridgehead atoms. The van der Waals surface area contributed by atoms with Crippen LogP contribution in [0.25, 0.3) is 0 Å². The molecule has 1 aromatic heterocycles. The quantitative estimate of drug-likeness (QED) is 0.773. The standard InChI is InChI=1S/C15H23ClN2O3S2/c1-3-4-9-17-15(19)12-6-5-11(2)18(10-12)23(20,21)14-8-7-13(16)22-14/h7-8,11-12H,3-6,9-10H2,1-2H3,(H,17,19). The van der Waals surface area contributed by atoms with Gasteiger partial charge in [-0.2, -0.15) is 4.31 Å². The van der Waals surface area contributed by atoms with Crippen LogP contribution in [0.1, 0.15) is 39.5 Å². The number of nitrogens with zero attached hydrogens (tertiary/aromatic N) is 1. The highest BCUT2D eigenvalue weighted by atomic mass is 35.5. The number of halogens is 1. The Kier molecular flexibility index (Phi) is 6.48. The molecule has 1 aliphatic rings. The largest absolute Gasteiger partial charge is 0.356 e. The van der Waals surface area contributed by atoms with Crippen LogP contribution in [0.2, 0.25) is 4.34 Å². The zero-order valence-corrected chi connectivity index (χ0v) is 15.8. The Morgan fingerprint density at radius 2 is 2.17 bits per heavy atom. The lowest BCUT2D eigenvalue weighted by atomic mass is 9.94. The number of thiophene rings is 1. The Hall–Kier alpha value is -0.630. The van der Waals surface area contributed by atoms with Crippen molar-refractivity contribution in [3.63, 3.8) is 0 Å². The van der Waals surface area contributed by atoms with Crippen molar-refractivity contribution >= 4 is 38.9 Å². The van der Waals surface area contributed by atoms with E-state index in [1.54, 1.807) is 6.07 Å². The van der Waals surface area contributed by atoms with E-state index in [0.717, 1.165) is 30.6 Å². The Balaban J connectivity index is 2.10. The summed E-state index contributed by atoms with van der Waals surface area (Å²) in [6.45, 7) is 4.83. The Morgan fingerprint density at radius 3 is 2.78 bits per heavy atom. The molecule has 0 spiro atoms. The summed E-state index contributed by atoms with van der Waals surface area (Å²) in [4.78, 5) is 12.2. The topological polar surface area (TPSA) is 66.5 Å². The predicted octanol–water partition coefficient (Wildman–Crippen LogP) is 3.11. The second-order valence-corrected chi connectivity index (χ2v) is 9.73. The van der Waals surface area contributed by atoms with Gasteiger partial charge in [0.15, 0.2) is 0 Å². The first-order valence-electron chi connectivity index (χ1n) is 7.91. The van der Waals surface area contributed by atoms with Gasteiger partial charge >= 0.3 is 0 Å². The fourth-order valence-corrected chi connectivity index (χ4v) is 6.03. The summed E-state index contributed by atoms with van der Waals surface area (Å²) in [5.41, 5.74) is 0. The molecule has 130 valence electrons. The van der Waals surface area contributed by atoms with Crippen molar-refractivity contribution in [3.8, 4) is 0 Å². The monoisotopic (exact) mass is 378 g/mol. The number of rotatable bonds is 6. The summed E-state index contributed by atoms with van der Waals surface area (Å²) in [6, 6.07) is 3.00. The van der Waals surface area contributed by atoms with Crippen LogP contribution in [0, 0.1) is 5.92 Å². The van der Waals surface area contributed by atoms with Crippen molar-refractivity contribution in [1.82, 2.24) is 9.62 Å². The summed E-state index contributed by atoms with van der Waals surface area (Å²) < 4.78 is 27.7. The molecule has 1 saturated heterocycles. The molecule has 5 nitrogen and oxygen atoms in total. The van der Waals surface area contributed by atoms with E-state index < -0.39 is 10.0 Å². The number of carbonyl (C=O) groups excluding carboxylic acids is 1. The van der Waals surface area contributed by atoms with E-state index in [-0.39, 0.29) is 28.6 Å². The molecule has 0 aliphatic carbocycles. The van der Waals surface area contributed by atoms with Gasteiger partial charge in [-0.05, 0) is 38.3 Å². The van der Waals surface area contributed by atoms with Gasteiger partial charge in [0, 0.05) is 19.1 Å². The van der Waals surface area contributed by atoms with Crippen molar-refractivity contribution < 1.29 is 13.2 Å². The Morgan fingerprint density at radius 1 is 1.43 bits per heavy atom. The van der Waals surface area contributed by atoms with Crippen LogP contribution in [0.15, 0.2) is 16.3 Å². The lowest BCUT2D eigenvalue weighted by Crippen LogP contribution is -2.49. The fraction of sp³-hybridized carbons (Fsp3) is 0.667. The molecule has 8 heteroatoms. The van der Waals surface area contributed by atoms with Gasteiger partial charge in [0.1, 0.15) is 4.21 Å². The first-order chi connectivity index (χ1) is 10.9. The molecule has 0 radical (unpaired) electrons. The van der Waals surface area contributed by atoms with Crippen LogP contribution >= 0.6 is 22.9 Å². The minimum atomic E-state index is -3.59. The molecule has 1 N–H and O–H groups in total. The highest BCUT2D eigenvalue weighted by Gasteiger charge is 2.37. The molecular weight excluding hydrogens is 356 g/mol. The van der Waals surface area contributed by atoms with Gasteiger partial charge in [0.25, 0.3) is 10.0 Å². The van der Waals surface area contributed by atoms with Crippen molar-refractivity contribution in [2.24, 2.45) is 5.92 Å². The molecule has 1 fully saturated rings. The van der Waals surface area contributed by atoms with Gasteiger partial charge in [0.2, 0.25) is 5.91 Å². The number of hydrogen-bond acceptors (Lipinski definition) is 4. The van der Waals surface area contributed by atoms with Crippen LogP contribution in [0.4, 0.5) is 0 Å². The predicted molar refractivity (Wildman–Crippen MR) is 93.3 cm³/mol. The average Bonchev–Trinajstić information content (AvgIpc) is 2.95. The van der Waals surface area contributed by atoms with Crippen LogP contribution < -0.4 is 5.32 Å². The van der Waals surface area contributed by atoms with Crippen LogP contribution in [-0.2, 0) is 14.8 Å². The number of hydrogen-bond donors (Lipinski definition) is 1. The second-order valence-electron chi connectivity index (χ2n) is 5.90. The van der Waals surface area contributed by atoms with Crippen molar-refractivity contribution in [2.75, 3.05) is 13.1 Å². The van der Waals surface area contributed by atoms with Gasteiger partial charge in [-0.3, -0.25) is 4.79 Å².